The number of carboxylic acid groups (broad SMARTS) is 1. The van der Waals surface area contributed by atoms with Crippen LogP contribution in [-0.2, 0) is 9.59 Å². The highest BCUT2D eigenvalue weighted by Crippen LogP contribution is 2.26. The van der Waals surface area contributed by atoms with E-state index in [0.29, 0.717) is 12.8 Å². The molecule has 2 N–H and O–H groups in total. The van der Waals surface area contributed by atoms with Crippen molar-refractivity contribution in [3.8, 4) is 0 Å². The summed E-state index contributed by atoms with van der Waals surface area (Å²) in [6.45, 7) is 3.91. The maximum Gasteiger partial charge on any atom is 0.307 e. The van der Waals surface area contributed by atoms with Crippen molar-refractivity contribution < 1.29 is 14.7 Å². The Balaban J connectivity index is 2.65. The summed E-state index contributed by atoms with van der Waals surface area (Å²) in [6, 6.07) is 0.104. The van der Waals surface area contributed by atoms with Gasteiger partial charge in [-0.15, -0.1) is 0 Å². The van der Waals surface area contributed by atoms with Crippen LogP contribution in [0.15, 0.2) is 12.2 Å². The van der Waals surface area contributed by atoms with E-state index in [4.69, 9.17) is 5.11 Å². The van der Waals surface area contributed by atoms with E-state index in [2.05, 4.69) is 5.32 Å². The van der Waals surface area contributed by atoms with Crippen LogP contribution < -0.4 is 5.32 Å². The zero-order valence-electron chi connectivity index (χ0n) is 9.77. The zero-order chi connectivity index (χ0) is 12.1. The Morgan fingerprint density at radius 1 is 1.38 bits per heavy atom. The Labute approximate surface area is 95.7 Å². The van der Waals surface area contributed by atoms with Crippen LogP contribution in [0.25, 0.3) is 0 Å². The van der Waals surface area contributed by atoms with Gasteiger partial charge in [-0.2, -0.15) is 0 Å². The standard InChI is InChI=1S/C12H19NO3/c1-3-8(2)13-11(14)9-6-4-5-7-10(9)12(15)16/h4-5,8-10H,3,6-7H2,1-2H3,(H,13,14)(H,15,16)/t8-,9+,10+/m1/s1. The second-order valence-electron chi connectivity index (χ2n) is 4.31. The molecule has 0 aromatic rings. The number of hydrogen-bond acceptors (Lipinski definition) is 2. The molecule has 0 aliphatic heterocycles. The predicted octanol–water partition coefficient (Wildman–Crippen LogP) is 1.57. The molecule has 0 saturated heterocycles. The van der Waals surface area contributed by atoms with Gasteiger partial charge in [0.05, 0.1) is 11.8 Å². The number of rotatable bonds is 4. The Kier molecular flexibility index (Phi) is 4.52. The van der Waals surface area contributed by atoms with Gasteiger partial charge in [0.2, 0.25) is 5.91 Å². The molecule has 0 aromatic heterocycles. The lowest BCUT2D eigenvalue weighted by Gasteiger charge is -2.25. The minimum atomic E-state index is -0.881. The Bertz CT molecular complexity index is 299. The van der Waals surface area contributed by atoms with E-state index in [9.17, 15) is 9.59 Å². The summed E-state index contributed by atoms with van der Waals surface area (Å²) in [6.07, 6.45) is 5.56. The highest BCUT2D eigenvalue weighted by Gasteiger charge is 2.34. The largest absolute Gasteiger partial charge is 0.481 e. The molecule has 16 heavy (non-hydrogen) atoms. The molecule has 3 atom stereocenters. The van der Waals surface area contributed by atoms with Crippen LogP contribution in [0.4, 0.5) is 0 Å². The molecule has 4 heteroatoms. The molecule has 0 spiro atoms. The van der Waals surface area contributed by atoms with E-state index in [1.807, 2.05) is 26.0 Å². The molecule has 1 rings (SSSR count). The Morgan fingerprint density at radius 3 is 2.44 bits per heavy atom. The molecule has 0 aromatic carbocycles. The van der Waals surface area contributed by atoms with Crippen LogP contribution >= 0.6 is 0 Å². The number of amides is 1. The summed E-state index contributed by atoms with van der Waals surface area (Å²) in [5.41, 5.74) is 0. The van der Waals surface area contributed by atoms with E-state index in [0.717, 1.165) is 6.42 Å². The summed E-state index contributed by atoms with van der Waals surface area (Å²) >= 11 is 0. The Hall–Kier alpha value is -1.32. The molecule has 0 radical (unpaired) electrons. The fraction of sp³-hybridized carbons (Fsp3) is 0.667. The van der Waals surface area contributed by atoms with E-state index < -0.39 is 17.8 Å². The topological polar surface area (TPSA) is 66.4 Å². The van der Waals surface area contributed by atoms with Crippen molar-refractivity contribution >= 4 is 11.9 Å². The van der Waals surface area contributed by atoms with E-state index in [1.54, 1.807) is 0 Å². The lowest BCUT2D eigenvalue weighted by molar-refractivity contribution is -0.147. The number of carbonyl (C=O) groups is 2. The van der Waals surface area contributed by atoms with Crippen molar-refractivity contribution in [2.75, 3.05) is 0 Å². The number of carboxylic acids is 1. The van der Waals surface area contributed by atoms with Crippen LogP contribution in [-0.4, -0.2) is 23.0 Å². The lowest BCUT2D eigenvalue weighted by Crippen LogP contribution is -2.42. The van der Waals surface area contributed by atoms with Gasteiger partial charge >= 0.3 is 5.97 Å². The summed E-state index contributed by atoms with van der Waals surface area (Å²) in [5.74, 6) is -2.01. The monoisotopic (exact) mass is 225 g/mol. The highest BCUT2D eigenvalue weighted by atomic mass is 16.4. The summed E-state index contributed by atoms with van der Waals surface area (Å²) in [5, 5.41) is 11.9. The van der Waals surface area contributed by atoms with Gasteiger partial charge in [0.15, 0.2) is 0 Å². The first-order valence-electron chi connectivity index (χ1n) is 5.74. The normalized spacial score (nSPS) is 26.1. The van der Waals surface area contributed by atoms with Crippen molar-refractivity contribution in [2.24, 2.45) is 11.8 Å². The first-order chi connectivity index (χ1) is 7.56. The number of hydrogen-bond donors (Lipinski definition) is 2. The molecule has 0 bridgehead atoms. The van der Waals surface area contributed by atoms with Gasteiger partial charge in [0.25, 0.3) is 0 Å². The third-order valence-corrected chi connectivity index (χ3v) is 3.09. The molecule has 0 heterocycles. The zero-order valence-corrected chi connectivity index (χ0v) is 9.77. The summed E-state index contributed by atoms with van der Waals surface area (Å²) in [4.78, 5) is 22.9. The molecule has 90 valence electrons. The van der Waals surface area contributed by atoms with Crippen LogP contribution in [0.3, 0.4) is 0 Å². The van der Waals surface area contributed by atoms with Crippen LogP contribution in [0, 0.1) is 11.8 Å². The van der Waals surface area contributed by atoms with Crippen molar-refractivity contribution in [1.82, 2.24) is 5.32 Å². The van der Waals surface area contributed by atoms with Gasteiger partial charge in [-0.25, -0.2) is 0 Å². The second-order valence-corrected chi connectivity index (χ2v) is 4.31. The van der Waals surface area contributed by atoms with E-state index in [1.165, 1.54) is 0 Å². The van der Waals surface area contributed by atoms with Crippen LogP contribution in [0.2, 0.25) is 0 Å². The van der Waals surface area contributed by atoms with Gasteiger partial charge < -0.3 is 10.4 Å². The van der Waals surface area contributed by atoms with Gasteiger partial charge in [0, 0.05) is 6.04 Å². The molecule has 4 nitrogen and oxygen atoms in total. The smallest absolute Gasteiger partial charge is 0.307 e. The average molecular weight is 225 g/mol. The van der Waals surface area contributed by atoms with Gasteiger partial charge in [-0.05, 0) is 26.2 Å². The molecule has 0 fully saturated rings. The predicted molar refractivity (Wildman–Crippen MR) is 60.9 cm³/mol. The molecule has 0 unspecified atom stereocenters. The fourth-order valence-electron chi connectivity index (χ4n) is 1.83. The lowest BCUT2D eigenvalue weighted by atomic mass is 9.82. The van der Waals surface area contributed by atoms with Gasteiger partial charge in [-0.3, -0.25) is 9.59 Å². The first kappa shape index (κ1) is 12.7. The second kappa shape index (κ2) is 5.68. The minimum Gasteiger partial charge on any atom is -0.481 e. The van der Waals surface area contributed by atoms with Crippen LogP contribution in [0.1, 0.15) is 33.1 Å². The van der Waals surface area contributed by atoms with Gasteiger partial charge in [0.1, 0.15) is 0 Å². The summed E-state index contributed by atoms with van der Waals surface area (Å²) < 4.78 is 0. The van der Waals surface area contributed by atoms with Crippen molar-refractivity contribution in [1.29, 1.82) is 0 Å². The van der Waals surface area contributed by atoms with Crippen molar-refractivity contribution in [3.63, 3.8) is 0 Å². The maximum absolute atomic E-state index is 11.9. The summed E-state index contributed by atoms with van der Waals surface area (Å²) in [7, 11) is 0. The third kappa shape index (κ3) is 3.08. The Morgan fingerprint density at radius 2 is 1.94 bits per heavy atom. The molecule has 1 amide bonds. The van der Waals surface area contributed by atoms with Crippen LogP contribution in [0.5, 0.6) is 0 Å². The van der Waals surface area contributed by atoms with Gasteiger partial charge in [-0.1, -0.05) is 19.1 Å². The number of nitrogens with one attached hydrogen (secondary N) is 1. The average Bonchev–Trinajstić information content (AvgIpc) is 2.28. The quantitative estimate of drug-likeness (QED) is 0.714. The number of aliphatic carboxylic acids is 1. The fourth-order valence-corrected chi connectivity index (χ4v) is 1.83. The van der Waals surface area contributed by atoms with E-state index >= 15 is 0 Å². The molecular formula is C12H19NO3. The third-order valence-electron chi connectivity index (χ3n) is 3.09. The number of allylic oxidation sites excluding steroid dienone is 2. The molecule has 1 aliphatic carbocycles. The minimum absolute atomic E-state index is 0.104. The number of carbonyl (C=O) groups excluding carboxylic acids is 1. The SMILES string of the molecule is CC[C@@H](C)NC(=O)[C@H]1CC=CC[C@@H]1C(=O)O. The van der Waals surface area contributed by atoms with E-state index in [-0.39, 0.29) is 11.9 Å². The van der Waals surface area contributed by atoms with Crippen molar-refractivity contribution in [3.05, 3.63) is 12.2 Å². The molecular weight excluding hydrogens is 206 g/mol. The molecule has 0 saturated carbocycles. The molecule has 1 aliphatic rings. The highest BCUT2D eigenvalue weighted by molar-refractivity contribution is 5.85. The maximum atomic E-state index is 11.9. The van der Waals surface area contributed by atoms with Crippen molar-refractivity contribution in [2.45, 2.75) is 39.2 Å². The first-order valence-corrected chi connectivity index (χ1v) is 5.74.